The Morgan fingerprint density at radius 2 is 1.12 bits per heavy atom. The average molecular weight is 441 g/mol. The first kappa shape index (κ1) is 26.5. The Bertz CT molecular complexity index is 726. The summed E-state index contributed by atoms with van der Waals surface area (Å²) in [5.41, 5.74) is 2.88. The molecule has 2 rings (SSSR count). The van der Waals surface area contributed by atoms with Crippen LogP contribution in [0.4, 0.5) is 4.39 Å². The minimum Gasteiger partial charge on any atom is -0.236 e. The summed E-state index contributed by atoms with van der Waals surface area (Å²) in [5.74, 6) is 0.134. The molecule has 0 aliphatic rings. The molecule has 0 N–H and O–H groups in total. The second kappa shape index (κ2) is 16.8. The summed E-state index contributed by atoms with van der Waals surface area (Å²) >= 11 is 0. The van der Waals surface area contributed by atoms with E-state index < -0.39 is 0 Å². The first-order chi connectivity index (χ1) is 15.7. The van der Waals surface area contributed by atoms with Crippen molar-refractivity contribution in [1.82, 2.24) is 9.97 Å². The van der Waals surface area contributed by atoms with Gasteiger partial charge in [-0.05, 0) is 31.2 Å². The lowest BCUT2D eigenvalue weighted by atomic mass is 10.0. The molecular formula is C29H45FN2. The molecule has 0 radical (unpaired) electrons. The standard InChI is InChI=1S/C29H45FN2/c1-3-5-7-9-10-11-12-13-15-17-19-27-24-31-29(32-28(27)30)26-22-20-25(21-23-26)18-16-14-8-6-4-2/h20-24H,3-19H2,1-2H3. The maximum atomic E-state index is 14.5. The number of aromatic nitrogens is 2. The lowest BCUT2D eigenvalue weighted by Gasteiger charge is -2.07. The van der Waals surface area contributed by atoms with Gasteiger partial charge in [-0.25, -0.2) is 4.98 Å². The smallest absolute Gasteiger partial charge is 0.219 e. The molecule has 3 heteroatoms. The van der Waals surface area contributed by atoms with Crippen molar-refractivity contribution in [3.05, 3.63) is 47.5 Å². The molecule has 0 fully saturated rings. The van der Waals surface area contributed by atoms with Gasteiger partial charge in [0.05, 0.1) is 0 Å². The third-order valence-corrected chi connectivity index (χ3v) is 6.39. The maximum Gasteiger partial charge on any atom is 0.219 e. The minimum atomic E-state index is -0.356. The second-order valence-corrected chi connectivity index (χ2v) is 9.30. The van der Waals surface area contributed by atoms with Crippen LogP contribution < -0.4 is 0 Å². The van der Waals surface area contributed by atoms with E-state index in [2.05, 4.69) is 35.9 Å². The van der Waals surface area contributed by atoms with Crippen molar-refractivity contribution in [3.63, 3.8) is 0 Å². The van der Waals surface area contributed by atoms with Crippen LogP contribution in [0.3, 0.4) is 0 Å². The average Bonchev–Trinajstić information content (AvgIpc) is 2.81. The fourth-order valence-corrected chi connectivity index (χ4v) is 4.25. The molecule has 0 spiro atoms. The summed E-state index contributed by atoms with van der Waals surface area (Å²) in [6, 6.07) is 8.32. The van der Waals surface area contributed by atoms with Gasteiger partial charge >= 0.3 is 0 Å². The summed E-state index contributed by atoms with van der Waals surface area (Å²) in [6.45, 7) is 4.50. The van der Waals surface area contributed by atoms with E-state index in [1.807, 2.05) is 12.1 Å². The Labute approximate surface area is 196 Å². The van der Waals surface area contributed by atoms with Crippen LogP contribution in [-0.2, 0) is 12.8 Å². The van der Waals surface area contributed by atoms with Crippen molar-refractivity contribution < 1.29 is 4.39 Å². The van der Waals surface area contributed by atoms with E-state index in [9.17, 15) is 4.39 Å². The quantitative estimate of drug-likeness (QED) is 0.170. The lowest BCUT2D eigenvalue weighted by molar-refractivity contribution is 0.539. The van der Waals surface area contributed by atoms with Crippen LogP contribution in [0.1, 0.15) is 121 Å². The summed E-state index contributed by atoms with van der Waals surface area (Å²) in [7, 11) is 0. The predicted octanol–water partition coefficient (Wildman–Crippen LogP) is 9.26. The van der Waals surface area contributed by atoms with E-state index in [4.69, 9.17) is 0 Å². The van der Waals surface area contributed by atoms with Crippen molar-refractivity contribution in [3.8, 4) is 11.4 Å². The summed E-state index contributed by atoms with van der Waals surface area (Å²) in [6.07, 6.45) is 22.9. The molecule has 1 aromatic heterocycles. The zero-order chi connectivity index (χ0) is 22.9. The molecule has 1 aromatic carbocycles. The molecular weight excluding hydrogens is 395 g/mol. The van der Waals surface area contributed by atoms with E-state index >= 15 is 0 Å². The van der Waals surface area contributed by atoms with Gasteiger partial charge < -0.3 is 0 Å². The summed E-state index contributed by atoms with van der Waals surface area (Å²) < 4.78 is 14.5. The van der Waals surface area contributed by atoms with Gasteiger partial charge in [0.25, 0.3) is 0 Å². The van der Waals surface area contributed by atoms with Gasteiger partial charge in [-0.1, -0.05) is 122 Å². The van der Waals surface area contributed by atoms with Crippen molar-refractivity contribution in [2.75, 3.05) is 0 Å². The van der Waals surface area contributed by atoms with Gasteiger partial charge in [0.1, 0.15) is 0 Å². The Kier molecular flexibility index (Phi) is 13.9. The molecule has 2 aromatic rings. The maximum absolute atomic E-state index is 14.5. The Hall–Kier alpha value is -1.77. The molecule has 32 heavy (non-hydrogen) atoms. The fourth-order valence-electron chi connectivity index (χ4n) is 4.25. The zero-order valence-electron chi connectivity index (χ0n) is 20.7. The van der Waals surface area contributed by atoms with E-state index in [-0.39, 0.29) is 5.95 Å². The van der Waals surface area contributed by atoms with Gasteiger partial charge in [0.2, 0.25) is 5.95 Å². The molecule has 0 saturated heterocycles. The Morgan fingerprint density at radius 1 is 0.625 bits per heavy atom. The topological polar surface area (TPSA) is 25.8 Å². The first-order valence-corrected chi connectivity index (χ1v) is 13.3. The molecule has 0 atom stereocenters. The van der Waals surface area contributed by atoms with Gasteiger partial charge in [-0.15, -0.1) is 0 Å². The van der Waals surface area contributed by atoms with Gasteiger partial charge in [-0.3, -0.25) is 0 Å². The van der Waals surface area contributed by atoms with Crippen molar-refractivity contribution in [2.45, 2.75) is 123 Å². The molecule has 2 nitrogen and oxygen atoms in total. The Balaban J connectivity index is 1.68. The van der Waals surface area contributed by atoms with Gasteiger partial charge in [0.15, 0.2) is 5.82 Å². The highest BCUT2D eigenvalue weighted by Crippen LogP contribution is 2.19. The highest BCUT2D eigenvalue weighted by Gasteiger charge is 2.09. The molecule has 0 saturated carbocycles. The van der Waals surface area contributed by atoms with Gasteiger partial charge in [-0.2, -0.15) is 9.37 Å². The number of hydrogen-bond donors (Lipinski definition) is 0. The number of hydrogen-bond acceptors (Lipinski definition) is 2. The van der Waals surface area contributed by atoms with Crippen LogP contribution in [0.25, 0.3) is 11.4 Å². The number of benzene rings is 1. The summed E-state index contributed by atoms with van der Waals surface area (Å²) in [5, 5.41) is 0. The first-order valence-electron chi connectivity index (χ1n) is 13.3. The molecule has 0 amide bonds. The number of rotatable bonds is 18. The number of aryl methyl sites for hydroxylation is 2. The fraction of sp³-hybridized carbons (Fsp3) is 0.655. The molecule has 0 bridgehead atoms. The van der Waals surface area contributed by atoms with Crippen molar-refractivity contribution in [2.24, 2.45) is 0 Å². The van der Waals surface area contributed by atoms with Crippen LogP contribution in [0.2, 0.25) is 0 Å². The van der Waals surface area contributed by atoms with Crippen molar-refractivity contribution in [1.29, 1.82) is 0 Å². The Morgan fingerprint density at radius 3 is 1.66 bits per heavy atom. The zero-order valence-corrected chi connectivity index (χ0v) is 20.7. The highest BCUT2D eigenvalue weighted by molar-refractivity contribution is 5.55. The normalized spacial score (nSPS) is 11.2. The molecule has 0 aliphatic carbocycles. The second-order valence-electron chi connectivity index (χ2n) is 9.30. The largest absolute Gasteiger partial charge is 0.236 e. The molecule has 0 unspecified atom stereocenters. The van der Waals surface area contributed by atoms with E-state index in [1.165, 1.54) is 89.0 Å². The molecule has 178 valence electrons. The minimum absolute atomic E-state index is 0.356. The number of unbranched alkanes of at least 4 members (excludes halogenated alkanes) is 13. The van der Waals surface area contributed by atoms with Crippen LogP contribution in [0, 0.1) is 5.95 Å². The lowest BCUT2D eigenvalue weighted by Crippen LogP contribution is -1.99. The van der Waals surface area contributed by atoms with Crippen molar-refractivity contribution >= 4 is 0 Å². The number of halogens is 1. The van der Waals surface area contributed by atoms with Gasteiger partial charge in [0, 0.05) is 17.3 Å². The van der Waals surface area contributed by atoms with Crippen LogP contribution in [0.5, 0.6) is 0 Å². The summed E-state index contributed by atoms with van der Waals surface area (Å²) in [4.78, 5) is 8.60. The highest BCUT2D eigenvalue weighted by atomic mass is 19.1. The monoisotopic (exact) mass is 440 g/mol. The molecule has 1 heterocycles. The van der Waals surface area contributed by atoms with Crippen LogP contribution >= 0.6 is 0 Å². The van der Waals surface area contributed by atoms with Crippen LogP contribution in [0.15, 0.2) is 30.5 Å². The van der Waals surface area contributed by atoms with E-state index in [1.54, 1.807) is 6.20 Å². The predicted molar refractivity (Wildman–Crippen MR) is 135 cm³/mol. The van der Waals surface area contributed by atoms with E-state index in [0.717, 1.165) is 31.2 Å². The van der Waals surface area contributed by atoms with Crippen LogP contribution in [-0.4, -0.2) is 9.97 Å². The number of nitrogens with zero attached hydrogens (tertiary/aromatic N) is 2. The van der Waals surface area contributed by atoms with E-state index in [0.29, 0.717) is 11.4 Å². The molecule has 0 aliphatic heterocycles. The SMILES string of the molecule is CCCCCCCCCCCCc1cnc(-c2ccc(CCCCCCC)cc2)nc1F. The third kappa shape index (κ3) is 10.7. The third-order valence-electron chi connectivity index (χ3n) is 6.39.